The van der Waals surface area contributed by atoms with Gasteiger partial charge in [0.1, 0.15) is 11.0 Å². The van der Waals surface area contributed by atoms with Crippen LogP contribution in [-0.4, -0.2) is 28.3 Å². The third-order valence-electron chi connectivity index (χ3n) is 5.37. The number of rotatable bonds is 4. The highest BCUT2D eigenvalue weighted by Gasteiger charge is 2.54. The van der Waals surface area contributed by atoms with E-state index in [1.807, 2.05) is 18.2 Å². The van der Waals surface area contributed by atoms with Crippen LogP contribution in [0.3, 0.4) is 0 Å². The maximum atomic E-state index is 12.8. The van der Waals surface area contributed by atoms with Crippen molar-refractivity contribution in [1.29, 1.82) is 0 Å². The summed E-state index contributed by atoms with van der Waals surface area (Å²) in [7, 11) is 0. The molecule has 0 radical (unpaired) electrons. The lowest BCUT2D eigenvalue weighted by molar-refractivity contribution is -0.132. The van der Waals surface area contributed by atoms with Crippen molar-refractivity contribution >= 4 is 29.3 Å². The molecule has 3 heterocycles. The van der Waals surface area contributed by atoms with Crippen LogP contribution < -0.4 is 10.6 Å². The fourth-order valence-electron chi connectivity index (χ4n) is 4.10. The fraction of sp³-hybridized carbons (Fsp3) is 0.562. The second-order valence-electron chi connectivity index (χ2n) is 6.48. The van der Waals surface area contributed by atoms with E-state index in [9.17, 15) is 4.79 Å². The minimum absolute atomic E-state index is 0. The molecule has 2 N–H and O–H groups in total. The zero-order valence-corrected chi connectivity index (χ0v) is 13.9. The molecular weight excluding hydrogens is 316 g/mol. The number of nitrogens with one attached hydrogen (secondary N) is 2. The van der Waals surface area contributed by atoms with Gasteiger partial charge in [-0.05, 0) is 53.7 Å². The second-order valence-corrected chi connectivity index (χ2v) is 6.48. The van der Waals surface area contributed by atoms with E-state index in [0.29, 0.717) is 18.6 Å². The normalized spacial score (nSPS) is 28.7. The van der Waals surface area contributed by atoms with Crippen molar-refractivity contribution < 1.29 is 9.42 Å². The first kappa shape index (κ1) is 16.2. The number of halogens is 1. The molecular formula is C16H21ClN4O2. The first-order chi connectivity index (χ1) is 10.7. The molecule has 2 aliphatic rings. The predicted octanol–water partition coefficient (Wildman–Crippen LogP) is 2.18. The van der Waals surface area contributed by atoms with Crippen LogP contribution in [0.2, 0.25) is 0 Å². The molecule has 3 atom stereocenters. The van der Waals surface area contributed by atoms with E-state index in [2.05, 4.69) is 27.9 Å². The van der Waals surface area contributed by atoms with Crippen LogP contribution in [0.1, 0.15) is 38.2 Å². The van der Waals surface area contributed by atoms with Gasteiger partial charge in [0.2, 0.25) is 5.91 Å². The van der Waals surface area contributed by atoms with Crippen molar-refractivity contribution in [3.63, 3.8) is 0 Å². The van der Waals surface area contributed by atoms with Crippen LogP contribution in [0.5, 0.6) is 0 Å². The number of aromatic nitrogens is 2. The third-order valence-corrected chi connectivity index (χ3v) is 5.37. The number of hydrogen-bond donors (Lipinski definition) is 2. The summed E-state index contributed by atoms with van der Waals surface area (Å²) < 4.78 is 4.70. The maximum absolute atomic E-state index is 12.8. The van der Waals surface area contributed by atoms with Crippen LogP contribution in [0.4, 0.5) is 0 Å². The quantitative estimate of drug-likeness (QED) is 0.894. The highest BCUT2D eigenvalue weighted by atomic mass is 35.5. The summed E-state index contributed by atoms with van der Waals surface area (Å²) in [6.45, 7) is 2.63. The van der Waals surface area contributed by atoms with Crippen LogP contribution in [0.25, 0.3) is 11.0 Å². The van der Waals surface area contributed by atoms with Crippen molar-refractivity contribution in [1.82, 2.24) is 20.9 Å². The molecule has 1 amide bonds. The van der Waals surface area contributed by atoms with Gasteiger partial charge in [0.05, 0.1) is 5.41 Å². The van der Waals surface area contributed by atoms with E-state index >= 15 is 0 Å². The van der Waals surface area contributed by atoms with Gasteiger partial charge in [-0.2, -0.15) is 0 Å². The van der Waals surface area contributed by atoms with Crippen LogP contribution in [0.15, 0.2) is 22.8 Å². The maximum Gasteiger partial charge on any atom is 0.228 e. The molecule has 2 bridgehead atoms. The Balaban J connectivity index is 0.00000156. The lowest BCUT2D eigenvalue weighted by Crippen LogP contribution is -2.47. The van der Waals surface area contributed by atoms with Crippen molar-refractivity contribution in [2.24, 2.45) is 5.41 Å². The number of carbonyl (C=O) groups excluding carboxylic acids is 1. The Bertz CT molecular complexity index is 719. The highest BCUT2D eigenvalue weighted by Crippen LogP contribution is 2.45. The van der Waals surface area contributed by atoms with E-state index in [0.717, 1.165) is 35.9 Å². The average Bonchev–Trinajstić information content (AvgIpc) is 3.26. The fourth-order valence-corrected chi connectivity index (χ4v) is 4.10. The van der Waals surface area contributed by atoms with Crippen LogP contribution in [-0.2, 0) is 11.3 Å². The molecule has 7 heteroatoms. The number of carbonyl (C=O) groups is 1. The van der Waals surface area contributed by atoms with Gasteiger partial charge < -0.3 is 10.6 Å². The summed E-state index contributed by atoms with van der Waals surface area (Å²) >= 11 is 0. The molecule has 0 spiro atoms. The molecule has 4 rings (SSSR count). The molecule has 0 unspecified atom stereocenters. The minimum Gasteiger partial charge on any atom is -0.351 e. The first-order valence-electron chi connectivity index (χ1n) is 7.97. The van der Waals surface area contributed by atoms with E-state index < -0.39 is 0 Å². The van der Waals surface area contributed by atoms with Gasteiger partial charge in [0.25, 0.3) is 0 Å². The second kappa shape index (κ2) is 6.09. The number of fused-ring (bicyclic) bond motifs is 3. The standard InChI is InChI=1S/C16H20N4O2.ClH/c1-2-16(8-11-4-6-14(16)18-11)15(21)17-9-10-3-5-12-13(7-10)20-22-19-12;/h3,5,7,11,14,18H,2,4,6,8-9H2,1H3,(H,17,21);1H/t11-,14+,16+;/m0./s1. The molecule has 2 saturated heterocycles. The minimum atomic E-state index is -0.234. The Hall–Kier alpha value is -1.66. The van der Waals surface area contributed by atoms with Gasteiger partial charge in [-0.15, -0.1) is 12.4 Å². The SMILES string of the molecule is CC[C@@]1(C(=O)NCc2ccc3nonc3c2)C[C@@H]2CC[C@H]1N2.Cl. The van der Waals surface area contributed by atoms with Gasteiger partial charge in [-0.1, -0.05) is 13.0 Å². The molecule has 2 fully saturated rings. The summed E-state index contributed by atoms with van der Waals surface area (Å²) in [5, 5.41) is 14.3. The van der Waals surface area contributed by atoms with Crippen molar-refractivity contribution in [3.05, 3.63) is 23.8 Å². The smallest absolute Gasteiger partial charge is 0.228 e. The summed E-state index contributed by atoms with van der Waals surface area (Å²) in [6, 6.07) is 6.58. The van der Waals surface area contributed by atoms with Crippen molar-refractivity contribution in [3.8, 4) is 0 Å². The third kappa shape index (κ3) is 2.60. The Kier molecular flexibility index (Phi) is 4.29. The van der Waals surface area contributed by atoms with Crippen molar-refractivity contribution in [2.45, 2.75) is 51.2 Å². The molecule has 0 aliphatic carbocycles. The number of benzene rings is 1. The highest BCUT2D eigenvalue weighted by molar-refractivity contribution is 5.85. The number of hydrogen-bond acceptors (Lipinski definition) is 5. The molecule has 1 aromatic heterocycles. The van der Waals surface area contributed by atoms with Gasteiger partial charge in [-0.25, -0.2) is 4.63 Å². The molecule has 1 aromatic carbocycles. The molecule has 23 heavy (non-hydrogen) atoms. The Labute approximate surface area is 140 Å². The molecule has 6 nitrogen and oxygen atoms in total. The Morgan fingerprint density at radius 3 is 2.91 bits per heavy atom. The first-order valence-corrected chi connectivity index (χ1v) is 7.97. The summed E-state index contributed by atoms with van der Waals surface area (Å²) in [5.41, 5.74) is 2.23. The summed E-state index contributed by atoms with van der Waals surface area (Å²) in [6.07, 6.45) is 4.17. The van der Waals surface area contributed by atoms with Crippen molar-refractivity contribution in [2.75, 3.05) is 0 Å². The summed E-state index contributed by atoms with van der Waals surface area (Å²) in [4.78, 5) is 12.8. The average molecular weight is 337 g/mol. The van der Waals surface area contributed by atoms with E-state index in [-0.39, 0.29) is 23.7 Å². The zero-order chi connectivity index (χ0) is 15.2. The van der Waals surface area contributed by atoms with Gasteiger partial charge in [0.15, 0.2) is 0 Å². The lowest BCUT2D eigenvalue weighted by atomic mass is 9.71. The zero-order valence-electron chi connectivity index (χ0n) is 13.0. The van der Waals surface area contributed by atoms with Gasteiger partial charge in [0, 0.05) is 18.6 Å². The molecule has 0 saturated carbocycles. The lowest BCUT2D eigenvalue weighted by Gasteiger charge is -2.34. The molecule has 2 aliphatic heterocycles. The Morgan fingerprint density at radius 1 is 1.39 bits per heavy atom. The van der Waals surface area contributed by atoms with E-state index in [1.165, 1.54) is 6.42 Å². The van der Waals surface area contributed by atoms with Crippen LogP contribution >= 0.6 is 12.4 Å². The van der Waals surface area contributed by atoms with Gasteiger partial charge in [-0.3, -0.25) is 4.79 Å². The van der Waals surface area contributed by atoms with Crippen LogP contribution in [0, 0.1) is 5.41 Å². The van der Waals surface area contributed by atoms with E-state index in [1.54, 1.807) is 0 Å². The van der Waals surface area contributed by atoms with E-state index in [4.69, 9.17) is 4.63 Å². The Morgan fingerprint density at radius 2 is 2.22 bits per heavy atom. The monoisotopic (exact) mass is 336 g/mol. The molecule has 124 valence electrons. The number of amides is 1. The topological polar surface area (TPSA) is 80.1 Å². The van der Waals surface area contributed by atoms with Gasteiger partial charge >= 0.3 is 0 Å². The number of nitrogens with zero attached hydrogens (tertiary/aromatic N) is 2. The predicted molar refractivity (Wildman–Crippen MR) is 88.2 cm³/mol. The largest absolute Gasteiger partial charge is 0.351 e. The molecule has 2 aromatic rings. The summed E-state index contributed by atoms with van der Waals surface area (Å²) in [5.74, 6) is 0.174.